The predicted octanol–water partition coefficient (Wildman–Crippen LogP) is 4.24. The van der Waals surface area contributed by atoms with Crippen LogP contribution in [0.15, 0.2) is 52.1 Å². The van der Waals surface area contributed by atoms with E-state index in [4.69, 9.17) is 4.42 Å². The van der Waals surface area contributed by atoms with E-state index in [0.29, 0.717) is 18.3 Å². The molecule has 0 bridgehead atoms. The molecule has 7 nitrogen and oxygen atoms in total. The number of aryl methyl sites for hydroxylation is 1. The van der Waals surface area contributed by atoms with E-state index in [9.17, 15) is 18.3 Å². The Kier molecular flexibility index (Phi) is 8.57. The van der Waals surface area contributed by atoms with Gasteiger partial charge in [0.15, 0.2) is 5.96 Å². The maximum atomic E-state index is 13.7. The standard InChI is InChI=1S/C21H26F3N5O2.HI/c1-4-25-19(28-14(2)17-13-15-7-5-6-8-16(15)31-17)27-10-9-20(30,21(22,23)24)18-26-11-12-29(18)3;/h5-8,11-14,30H,4,9-10H2,1-3H3,(H2,25,27,28);1H. The number of aliphatic hydroxyl groups is 1. The SMILES string of the molecule is CCNC(=NCCC(O)(c1nccn1C)C(F)(F)F)NC(C)c1cc2ccccc2o1.I. The molecule has 2 atom stereocenters. The highest BCUT2D eigenvalue weighted by atomic mass is 127. The molecule has 0 radical (unpaired) electrons. The molecule has 3 rings (SSSR count). The van der Waals surface area contributed by atoms with Gasteiger partial charge in [0.25, 0.3) is 0 Å². The zero-order valence-electron chi connectivity index (χ0n) is 18.0. The van der Waals surface area contributed by atoms with Gasteiger partial charge in [-0.05, 0) is 26.0 Å². The quantitative estimate of drug-likeness (QED) is 0.227. The first-order valence-electron chi connectivity index (χ1n) is 9.96. The van der Waals surface area contributed by atoms with Crippen molar-refractivity contribution in [3.05, 3.63) is 54.3 Å². The van der Waals surface area contributed by atoms with Crippen molar-refractivity contribution < 1.29 is 22.7 Å². The molecule has 0 amide bonds. The number of furan rings is 1. The fourth-order valence-corrected chi connectivity index (χ4v) is 3.29. The average Bonchev–Trinajstić information content (AvgIpc) is 3.33. The summed E-state index contributed by atoms with van der Waals surface area (Å²) >= 11 is 0. The van der Waals surface area contributed by atoms with Gasteiger partial charge in [-0.1, -0.05) is 18.2 Å². The molecule has 0 spiro atoms. The molecule has 0 aliphatic heterocycles. The van der Waals surface area contributed by atoms with Crippen molar-refractivity contribution in [1.29, 1.82) is 0 Å². The fraction of sp³-hybridized carbons (Fsp3) is 0.429. The molecule has 2 unspecified atom stereocenters. The first-order chi connectivity index (χ1) is 14.7. The second-order valence-corrected chi connectivity index (χ2v) is 7.28. The molecule has 2 heterocycles. The number of halogens is 4. The third-order valence-electron chi connectivity index (χ3n) is 4.97. The van der Waals surface area contributed by atoms with Crippen LogP contribution >= 0.6 is 24.0 Å². The zero-order chi connectivity index (χ0) is 22.6. The van der Waals surface area contributed by atoms with Crippen molar-refractivity contribution in [2.24, 2.45) is 12.0 Å². The Labute approximate surface area is 201 Å². The number of fused-ring (bicyclic) bond motifs is 1. The number of alkyl halides is 3. The zero-order valence-corrected chi connectivity index (χ0v) is 20.3. The number of guanidine groups is 1. The fourth-order valence-electron chi connectivity index (χ4n) is 3.29. The van der Waals surface area contributed by atoms with Gasteiger partial charge in [-0.25, -0.2) is 4.98 Å². The van der Waals surface area contributed by atoms with E-state index in [2.05, 4.69) is 20.6 Å². The Morgan fingerprint density at radius 3 is 2.62 bits per heavy atom. The van der Waals surface area contributed by atoms with Crippen molar-refractivity contribution in [1.82, 2.24) is 20.2 Å². The maximum absolute atomic E-state index is 13.7. The highest BCUT2D eigenvalue weighted by molar-refractivity contribution is 14.0. The second kappa shape index (κ2) is 10.6. The Bertz CT molecular complexity index is 1020. The summed E-state index contributed by atoms with van der Waals surface area (Å²) in [5.74, 6) is 0.523. The predicted molar refractivity (Wildman–Crippen MR) is 127 cm³/mol. The lowest BCUT2D eigenvalue weighted by Crippen LogP contribution is -2.45. The van der Waals surface area contributed by atoms with Gasteiger partial charge in [-0.3, -0.25) is 4.99 Å². The van der Waals surface area contributed by atoms with Crippen LogP contribution in [0.1, 0.15) is 37.9 Å². The number of para-hydroxylation sites is 1. The topological polar surface area (TPSA) is 87.6 Å². The lowest BCUT2D eigenvalue weighted by Gasteiger charge is -2.29. The van der Waals surface area contributed by atoms with Crippen LogP contribution in [-0.4, -0.2) is 39.9 Å². The van der Waals surface area contributed by atoms with E-state index in [1.807, 2.05) is 44.2 Å². The number of nitrogens with zero attached hydrogens (tertiary/aromatic N) is 3. The van der Waals surface area contributed by atoms with Gasteiger partial charge in [0, 0.05) is 44.3 Å². The lowest BCUT2D eigenvalue weighted by molar-refractivity contribution is -0.272. The molecule has 0 fully saturated rings. The molecule has 0 aliphatic rings. The molecule has 2 aromatic heterocycles. The van der Waals surface area contributed by atoms with E-state index in [1.54, 1.807) is 0 Å². The average molecular weight is 565 g/mol. The molecule has 3 aromatic rings. The number of hydrogen-bond donors (Lipinski definition) is 3. The van der Waals surface area contributed by atoms with E-state index in [-0.39, 0.29) is 36.6 Å². The van der Waals surface area contributed by atoms with Crippen molar-refractivity contribution >= 4 is 40.9 Å². The maximum Gasteiger partial charge on any atom is 0.424 e. The molecule has 0 aliphatic carbocycles. The van der Waals surface area contributed by atoms with Crippen molar-refractivity contribution in [3.8, 4) is 0 Å². The number of aliphatic imine (C=N–C) groups is 1. The van der Waals surface area contributed by atoms with Crippen LogP contribution in [0.25, 0.3) is 11.0 Å². The summed E-state index contributed by atoms with van der Waals surface area (Å²) in [7, 11) is 1.41. The van der Waals surface area contributed by atoms with Crippen molar-refractivity contribution in [2.75, 3.05) is 13.1 Å². The van der Waals surface area contributed by atoms with Crippen molar-refractivity contribution in [2.45, 2.75) is 38.1 Å². The minimum Gasteiger partial charge on any atom is -0.459 e. The van der Waals surface area contributed by atoms with Gasteiger partial charge in [-0.2, -0.15) is 13.2 Å². The molecule has 176 valence electrons. The Hall–Kier alpha value is -2.28. The Morgan fingerprint density at radius 1 is 1.31 bits per heavy atom. The first kappa shape index (κ1) is 26.0. The summed E-state index contributed by atoms with van der Waals surface area (Å²) in [6, 6.07) is 9.21. The number of rotatable bonds is 7. The summed E-state index contributed by atoms with van der Waals surface area (Å²) in [6.45, 7) is 3.96. The lowest BCUT2D eigenvalue weighted by atomic mass is 9.98. The van der Waals surface area contributed by atoms with Crippen molar-refractivity contribution in [3.63, 3.8) is 0 Å². The van der Waals surface area contributed by atoms with E-state index < -0.39 is 24.0 Å². The van der Waals surface area contributed by atoms with Crippen LogP contribution in [0.5, 0.6) is 0 Å². The van der Waals surface area contributed by atoms with Crippen LogP contribution in [-0.2, 0) is 12.6 Å². The van der Waals surface area contributed by atoms with Crippen LogP contribution < -0.4 is 10.6 Å². The summed E-state index contributed by atoms with van der Waals surface area (Å²) in [5.41, 5.74) is -2.35. The number of benzene rings is 1. The second-order valence-electron chi connectivity index (χ2n) is 7.28. The summed E-state index contributed by atoms with van der Waals surface area (Å²) in [4.78, 5) is 7.92. The monoisotopic (exact) mass is 565 g/mol. The molecule has 0 saturated carbocycles. The highest BCUT2D eigenvalue weighted by Crippen LogP contribution is 2.40. The van der Waals surface area contributed by atoms with Crippen LogP contribution in [0.2, 0.25) is 0 Å². The van der Waals surface area contributed by atoms with Crippen LogP contribution in [0, 0.1) is 0 Å². The number of nitrogens with one attached hydrogen (secondary N) is 2. The molecular formula is C21H27F3IN5O2. The van der Waals surface area contributed by atoms with Gasteiger partial charge in [-0.15, -0.1) is 24.0 Å². The van der Waals surface area contributed by atoms with Gasteiger partial charge >= 0.3 is 6.18 Å². The summed E-state index contributed by atoms with van der Waals surface area (Å²) in [5, 5.41) is 17.5. The largest absolute Gasteiger partial charge is 0.459 e. The number of aromatic nitrogens is 2. The third kappa shape index (κ3) is 5.55. The van der Waals surface area contributed by atoms with Gasteiger partial charge in [0.2, 0.25) is 5.60 Å². The Balaban J connectivity index is 0.00000363. The van der Waals surface area contributed by atoms with E-state index >= 15 is 0 Å². The third-order valence-corrected chi connectivity index (χ3v) is 4.97. The number of imidazole rings is 1. The highest BCUT2D eigenvalue weighted by Gasteiger charge is 2.57. The van der Waals surface area contributed by atoms with E-state index in [1.165, 1.54) is 19.4 Å². The minimum atomic E-state index is -4.89. The molecular weight excluding hydrogens is 538 g/mol. The van der Waals surface area contributed by atoms with Crippen LogP contribution in [0.4, 0.5) is 13.2 Å². The first-order valence-corrected chi connectivity index (χ1v) is 9.96. The molecule has 32 heavy (non-hydrogen) atoms. The van der Waals surface area contributed by atoms with Gasteiger partial charge < -0.3 is 24.7 Å². The summed E-state index contributed by atoms with van der Waals surface area (Å²) in [6.07, 6.45) is -2.99. The molecule has 0 saturated heterocycles. The smallest absolute Gasteiger partial charge is 0.424 e. The normalized spacial score (nSPS) is 15.2. The molecule has 11 heteroatoms. The molecule has 3 N–H and O–H groups in total. The number of hydrogen-bond acceptors (Lipinski definition) is 4. The van der Waals surface area contributed by atoms with E-state index in [0.717, 1.165) is 15.5 Å². The van der Waals surface area contributed by atoms with Gasteiger partial charge in [0.1, 0.15) is 17.2 Å². The summed E-state index contributed by atoms with van der Waals surface area (Å²) < 4.78 is 48.0. The van der Waals surface area contributed by atoms with Gasteiger partial charge in [0.05, 0.1) is 6.04 Å². The molecule has 1 aromatic carbocycles. The van der Waals surface area contributed by atoms with Crippen LogP contribution in [0.3, 0.4) is 0 Å². The minimum absolute atomic E-state index is 0. The Morgan fingerprint density at radius 2 is 2.03 bits per heavy atom.